The van der Waals surface area contributed by atoms with Crippen LogP contribution in [0.5, 0.6) is 0 Å². The van der Waals surface area contributed by atoms with E-state index >= 15 is 0 Å². The number of rotatable bonds is 2. The number of allylic oxidation sites excluding steroid dienone is 2. The number of ketones is 1. The van der Waals surface area contributed by atoms with Crippen molar-refractivity contribution in [2.45, 2.75) is 38.0 Å². The summed E-state index contributed by atoms with van der Waals surface area (Å²) in [5.74, 6) is 1.14. The molecule has 0 saturated carbocycles. The quantitative estimate of drug-likeness (QED) is 0.905. The van der Waals surface area contributed by atoms with Crippen molar-refractivity contribution >= 4 is 5.78 Å². The summed E-state index contributed by atoms with van der Waals surface area (Å²) < 4.78 is 0. The number of nitrogens with one attached hydrogen (secondary N) is 1. The van der Waals surface area contributed by atoms with Crippen LogP contribution in [-0.2, 0) is 10.2 Å². The monoisotopic (exact) mass is 293 g/mol. The van der Waals surface area contributed by atoms with E-state index in [0.29, 0.717) is 13.0 Å². The lowest BCUT2D eigenvalue weighted by atomic mass is 9.62. The van der Waals surface area contributed by atoms with Crippen LogP contribution in [0.1, 0.15) is 38.2 Å². The molecule has 0 radical (unpaired) electrons. The van der Waals surface area contributed by atoms with Crippen molar-refractivity contribution in [3.8, 4) is 0 Å². The Balaban J connectivity index is 2.00. The third-order valence-electron chi connectivity index (χ3n) is 5.10. The Kier molecular flexibility index (Phi) is 2.99. The number of dihydropyridines is 1. The molecule has 0 bridgehead atoms. The third kappa shape index (κ3) is 1.67. The Bertz CT molecular complexity index is 730. The predicted molar refractivity (Wildman–Crippen MR) is 84.2 cm³/mol. The van der Waals surface area contributed by atoms with Crippen molar-refractivity contribution in [2.24, 2.45) is 10.2 Å². The molecule has 0 aromatic heterocycles. The molecule has 4 rings (SSSR count). The number of Topliss-reactive ketones (excluding diaryl/α,β-unsaturated/α-hetero) is 1. The number of benzene rings is 1. The normalized spacial score (nSPS) is 26.9. The maximum Gasteiger partial charge on any atom is 0.161 e. The van der Waals surface area contributed by atoms with Crippen LogP contribution in [-0.4, -0.2) is 12.3 Å². The zero-order valence-electron chi connectivity index (χ0n) is 12.7. The van der Waals surface area contributed by atoms with Gasteiger partial charge in [0.2, 0.25) is 0 Å². The molecule has 22 heavy (non-hydrogen) atoms. The van der Waals surface area contributed by atoms with Gasteiger partial charge in [-0.05, 0) is 24.8 Å². The SMILES string of the molecule is CCC1(c2ccccc2)C2=C(N=NC2)NC2=C1C(=O)CCC2. The molecule has 0 saturated heterocycles. The van der Waals surface area contributed by atoms with Gasteiger partial charge in [0.05, 0.1) is 12.0 Å². The lowest BCUT2D eigenvalue weighted by molar-refractivity contribution is -0.116. The van der Waals surface area contributed by atoms with Crippen LogP contribution < -0.4 is 5.32 Å². The number of carbonyl (C=O) groups excluding carboxylic acids is 1. The van der Waals surface area contributed by atoms with Crippen LogP contribution in [0.4, 0.5) is 0 Å². The lowest BCUT2D eigenvalue weighted by Crippen LogP contribution is -2.43. The standard InChI is InChI=1S/C18H19N3O/c1-2-18(12-7-4-3-5-8-12)13-11-19-21-17(13)20-14-9-6-10-15(22)16(14)18/h3-5,7-8,20H,2,6,9-11H2,1H3. The number of nitrogens with zero attached hydrogens (tertiary/aromatic N) is 2. The summed E-state index contributed by atoms with van der Waals surface area (Å²) in [5, 5.41) is 11.9. The van der Waals surface area contributed by atoms with E-state index in [4.69, 9.17) is 0 Å². The van der Waals surface area contributed by atoms with E-state index in [2.05, 4.69) is 34.6 Å². The molecular weight excluding hydrogens is 274 g/mol. The molecule has 2 aliphatic heterocycles. The first-order chi connectivity index (χ1) is 10.8. The van der Waals surface area contributed by atoms with Crippen molar-refractivity contribution in [1.82, 2.24) is 5.32 Å². The number of hydrogen-bond acceptors (Lipinski definition) is 4. The third-order valence-corrected chi connectivity index (χ3v) is 5.10. The molecular formula is C18H19N3O. The van der Waals surface area contributed by atoms with Crippen molar-refractivity contribution in [3.63, 3.8) is 0 Å². The van der Waals surface area contributed by atoms with E-state index in [9.17, 15) is 4.79 Å². The second kappa shape index (κ2) is 4.90. The average molecular weight is 293 g/mol. The molecule has 1 aliphatic carbocycles. The molecule has 2 heterocycles. The van der Waals surface area contributed by atoms with Gasteiger partial charge in [0.1, 0.15) is 0 Å². The molecule has 112 valence electrons. The lowest BCUT2D eigenvalue weighted by Gasteiger charge is -2.42. The molecule has 3 aliphatic rings. The summed E-state index contributed by atoms with van der Waals surface area (Å²) in [5.41, 5.74) is 3.98. The van der Waals surface area contributed by atoms with E-state index in [1.165, 1.54) is 5.56 Å². The van der Waals surface area contributed by atoms with Gasteiger partial charge in [-0.3, -0.25) is 4.79 Å². The van der Waals surface area contributed by atoms with Gasteiger partial charge < -0.3 is 5.32 Å². The highest BCUT2D eigenvalue weighted by Gasteiger charge is 2.48. The summed E-state index contributed by atoms with van der Waals surface area (Å²) in [7, 11) is 0. The maximum atomic E-state index is 12.8. The smallest absolute Gasteiger partial charge is 0.161 e. The average Bonchev–Trinajstić information content (AvgIpc) is 3.02. The minimum absolute atomic E-state index is 0.276. The minimum atomic E-state index is -0.363. The van der Waals surface area contributed by atoms with Crippen LogP contribution >= 0.6 is 0 Å². The van der Waals surface area contributed by atoms with Crippen LogP contribution in [0.2, 0.25) is 0 Å². The number of azo groups is 1. The van der Waals surface area contributed by atoms with Crippen LogP contribution in [0.3, 0.4) is 0 Å². The fraction of sp³-hybridized carbons (Fsp3) is 0.389. The highest BCUT2D eigenvalue weighted by molar-refractivity contribution is 6.01. The van der Waals surface area contributed by atoms with E-state index in [1.807, 2.05) is 18.2 Å². The van der Waals surface area contributed by atoms with Crippen molar-refractivity contribution in [3.05, 3.63) is 58.6 Å². The molecule has 0 spiro atoms. The van der Waals surface area contributed by atoms with Gasteiger partial charge in [-0.15, -0.1) is 5.11 Å². The summed E-state index contributed by atoms with van der Waals surface area (Å²) >= 11 is 0. The Morgan fingerprint density at radius 2 is 2.05 bits per heavy atom. The van der Waals surface area contributed by atoms with Crippen LogP contribution in [0, 0.1) is 0 Å². The summed E-state index contributed by atoms with van der Waals surface area (Å²) in [6.07, 6.45) is 3.33. The Morgan fingerprint density at radius 1 is 1.23 bits per heavy atom. The van der Waals surface area contributed by atoms with Gasteiger partial charge in [0, 0.05) is 23.3 Å². The molecule has 4 heteroatoms. The fourth-order valence-corrected chi connectivity index (χ4v) is 4.14. The first-order valence-corrected chi connectivity index (χ1v) is 7.98. The molecule has 1 N–H and O–H groups in total. The zero-order valence-corrected chi connectivity index (χ0v) is 12.7. The highest BCUT2D eigenvalue weighted by atomic mass is 16.1. The van der Waals surface area contributed by atoms with Gasteiger partial charge >= 0.3 is 0 Å². The topological polar surface area (TPSA) is 53.8 Å². The van der Waals surface area contributed by atoms with E-state index in [0.717, 1.165) is 41.9 Å². The zero-order chi connectivity index (χ0) is 15.2. The predicted octanol–water partition coefficient (Wildman–Crippen LogP) is 3.62. The molecule has 1 atom stereocenters. The number of hydrogen-bond donors (Lipinski definition) is 1. The summed E-state index contributed by atoms with van der Waals surface area (Å²) in [4.78, 5) is 12.8. The first-order valence-electron chi connectivity index (χ1n) is 7.98. The van der Waals surface area contributed by atoms with Gasteiger partial charge in [-0.2, -0.15) is 5.11 Å². The maximum absolute atomic E-state index is 12.8. The van der Waals surface area contributed by atoms with Crippen LogP contribution in [0.25, 0.3) is 0 Å². The summed E-state index contributed by atoms with van der Waals surface area (Å²) in [6.45, 7) is 2.74. The van der Waals surface area contributed by atoms with Gasteiger partial charge in [0.25, 0.3) is 0 Å². The van der Waals surface area contributed by atoms with Gasteiger partial charge in [0.15, 0.2) is 11.6 Å². The Labute approximate surface area is 130 Å². The molecule has 0 fully saturated rings. The van der Waals surface area contributed by atoms with Crippen molar-refractivity contribution in [2.75, 3.05) is 6.54 Å². The van der Waals surface area contributed by atoms with Crippen molar-refractivity contribution < 1.29 is 4.79 Å². The number of carbonyl (C=O) groups is 1. The molecule has 4 nitrogen and oxygen atoms in total. The minimum Gasteiger partial charge on any atom is -0.342 e. The van der Waals surface area contributed by atoms with E-state index in [-0.39, 0.29) is 11.2 Å². The molecule has 1 aromatic carbocycles. The van der Waals surface area contributed by atoms with E-state index < -0.39 is 0 Å². The first kappa shape index (κ1) is 13.4. The molecule has 1 unspecified atom stereocenters. The van der Waals surface area contributed by atoms with Crippen LogP contribution in [0.15, 0.2) is 63.2 Å². The Hall–Kier alpha value is -2.23. The molecule has 1 aromatic rings. The largest absolute Gasteiger partial charge is 0.342 e. The molecule has 0 amide bonds. The van der Waals surface area contributed by atoms with Crippen molar-refractivity contribution in [1.29, 1.82) is 0 Å². The van der Waals surface area contributed by atoms with Gasteiger partial charge in [-0.1, -0.05) is 37.3 Å². The highest BCUT2D eigenvalue weighted by Crippen LogP contribution is 2.50. The second-order valence-electron chi connectivity index (χ2n) is 6.11. The van der Waals surface area contributed by atoms with Gasteiger partial charge in [-0.25, -0.2) is 0 Å². The second-order valence-corrected chi connectivity index (χ2v) is 6.11. The fourth-order valence-electron chi connectivity index (χ4n) is 4.14. The van der Waals surface area contributed by atoms with E-state index in [1.54, 1.807) is 0 Å². The summed E-state index contributed by atoms with van der Waals surface area (Å²) in [6, 6.07) is 10.4. The Morgan fingerprint density at radius 3 is 2.82 bits per heavy atom.